The van der Waals surface area contributed by atoms with E-state index in [0.29, 0.717) is 12.0 Å². The van der Waals surface area contributed by atoms with Crippen LogP contribution in [-0.4, -0.2) is 18.6 Å². The van der Waals surface area contributed by atoms with Gasteiger partial charge in [0.1, 0.15) is 0 Å². The van der Waals surface area contributed by atoms with Crippen LogP contribution < -0.4 is 14.8 Å². The molecule has 0 aliphatic carbocycles. The fourth-order valence-electron chi connectivity index (χ4n) is 2.87. The number of thioether (sulfide) groups is 1. The molecule has 4 heteroatoms. The average Bonchev–Trinajstić information content (AvgIpc) is 3.13. The lowest BCUT2D eigenvalue weighted by Gasteiger charge is -2.11. The van der Waals surface area contributed by atoms with Gasteiger partial charge in [-0.1, -0.05) is 30.3 Å². The summed E-state index contributed by atoms with van der Waals surface area (Å²) >= 11 is 1.98. The van der Waals surface area contributed by atoms with E-state index < -0.39 is 0 Å². The summed E-state index contributed by atoms with van der Waals surface area (Å²) in [5.41, 5.74) is 2.65. The number of fused-ring (bicyclic) bond motifs is 2. The Balaban J connectivity index is 1.34. The third kappa shape index (κ3) is 2.61. The van der Waals surface area contributed by atoms with Gasteiger partial charge in [0, 0.05) is 28.8 Å². The van der Waals surface area contributed by atoms with E-state index >= 15 is 0 Å². The maximum Gasteiger partial charge on any atom is 0.231 e. The van der Waals surface area contributed by atoms with Crippen molar-refractivity contribution in [2.45, 2.75) is 23.1 Å². The third-order valence-electron chi connectivity index (χ3n) is 3.88. The van der Waals surface area contributed by atoms with Gasteiger partial charge in [0.2, 0.25) is 6.79 Å². The molecule has 3 nitrogen and oxygen atoms in total. The fourth-order valence-corrected chi connectivity index (χ4v) is 4.15. The van der Waals surface area contributed by atoms with Crippen LogP contribution in [0.3, 0.4) is 0 Å². The summed E-state index contributed by atoms with van der Waals surface area (Å²) in [7, 11) is 0. The van der Waals surface area contributed by atoms with Crippen LogP contribution in [0.4, 0.5) is 0 Å². The molecule has 1 atom stereocenters. The normalized spacial score (nSPS) is 18.8. The Morgan fingerprint density at radius 3 is 3.00 bits per heavy atom. The number of ether oxygens (including phenoxy) is 2. The first-order valence-corrected chi connectivity index (χ1v) is 8.11. The minimum absolute atomic E-state index is 0.333. The molecule has 0 spiro atoms. The summed E-state index contributed by atoms with van der Waals surface area (Å²) in [5.74, 6) is 1.75. The van der Waals surface area contributed by atoms with Crippen molar-refractivity contribution >= 4 is 11.8 Å². The SMILES string of the molecule is c1ccc2c(c1)CC(CNCc1cccc3c1OCO3)S2. The highest BCUT2D eigenvalue weighted by Crippen LogP contribution is 2.37. The van der Waals surface area contributed by atoms with Gasteiger partial charge in [-0.25, -0.2) is 0 Å². The Bertz CT molecular complexity index is 634. The maximum atomic E-state index is 5.54. The van der Waals surface area contributed by atoms with Crippen LogP contribution >= 0.6 is 11.8 Å². The van der Waals surface area contributed by atoms with E-state index in [9.17, 15) is 0 Å². The minimum Gasteiger partial charge on any atom is -0.454 e. The molecule has 0 saturated carbocycles. The summed E-state index contributed by atoms with van der Waals surface area (Å²) in [5, 5.41) is 4.17. The number of para-hydroxylation sites is 1. The van der Waals surface area contributed by atoms with Gasteiger partial charge < -0.3 is 14.8 Å². The average molecular weight is 299 g/mol. The minimum atomic E-state index is 0.333. The van der Waals surface area contributed by atoms with Crippen LogP contribution in [0.15, 0.2) is 47.4 Å². The lowest BCUT2D eigenvalue weighted by Crippen LogP contribution is -2.24. The van der Waals surface area contributed by atoms with Crippen molar-refractivity contribution in [3.63, 3.8) is 0 Å². The molecule has 0 amide bonds. The highest BCUT2D eigenvalue weighted by Gasteiger charge is 2.22. The smallest absolute Gasteiger partial charge is 0.231 e. The van der Waals surface area contributed by atoms with Crippen LogP contribution in [0, 0.1) is 0 Å². The second-order valence-electron chi connectivity index (χ2n) is 5.33. The van der Waals surface area contributed by atoms with Gasteiger partial charge in [-0.15, -0.1) is 11.8 Å². The highest BCUT2D eigenvalue weighted by molar-refractivity contribution is 8.00. The zero-order chi connectivity index (χ0) is 14.1. The first-order valence-electron chi connectivity index (χ1n) is 7.23. The molecule has 0 radical (unpaired) electrons. The largest absolute Gasteiger partial charge is 0.454 e. The fraction of sp³-hybridized carbons (Fsp3) is 0.294. The van der Waals surface area contributed by atoms with Crippen molar-refractivity contribution in [3.8, 4) is 11.5 Å². The summed E-state index contributed by atoms with van der Waals surface area (Å²) in [6, 6.07) is 14.8. The monoisotopic (exact) mass is 299 g/mol. The van der Waals surface area contributed by atoms with E-state index in [-0.39, 0.29) is 0 Å². The molecule has 2 aliphatic rings. The molecule has 1 N–H and O–H groups in total. The Morgan fingerprint density at radius 2 is 2.05 bits per heavy atom. The first-order chi connectivity index (χ1) is 10.4. The molecule has 2 aliphatic heterocycles. The molecule has 2 aromatic rings. The quantitative estimate of drug-likeness (QED) is 0.939. The molecule has 4 rings (SSSR count). The van der Waals surface area contributed by atoms with Crippen molar-refractivity contribution in [3.05, 3.63) is 53.6 Å². The zero-order valence-electron chi connectivity index (χ0n) is 11.7. The second kappa shape index (κ2) is 5.62. The van der Waals surface area contributed by atoms with Crippen molar-refractivity contribution in [1.82, 2.24) is 5.32 Å². The van der Waals surface area contributed by atoms with E-state index in [2.05, 4.69) is 35.6 Å². The molecule has 108 valence electrons. The van der Waals surface area contributed by atoms with Crippen LogP contribution in [-0.2, 0) is 13.0 Å². The molecule has 0 saturated heterocycles. The zero-order valence-corrected chi connectivity index (χ0v) is 12.5. The lowest BCUT2D eigenvalue weighted by molar-refractivity contribution is 0.173. The summed E-state index contributed by atoms with van der Waals surface area (Å²) in [6.45, 7) is 2.16. The van der Waals surface area contributed by atoms with Gasteiger partial charge in [0.25, 0.3) is 0 Å². The molecule has 0 bridgehead atoms. The van der Waals surface area contributed by atoms with E-state index in [1.807, 2.05) is 23.9 Å². The molecule has 21 heavy (non-hydrogen) atoms. The number of rotatable bonds is 4. The Hall–Kier alpha value is -1.65. The van der Waals surface area contributed by atoms with Gasteiger partial charge >= 0.3 is 0 Å². The molecule has 1 unspecified atom stereocenters. The van der Waals surface area contributed by atoms with E-state index in [1.165, 1.54) is 16.0 Å². The molecule has 2 aromatic carbocycles. The number of benzene rings is 2. The topological polar surface area (TPSA) is 30.5 Å². The Morgan fingerprint density at radius 1 is 1.10 bits per heavy atom. The van der Waals surface area contributed by atoms with Crippen LogP contribution in [0.25, 0.3) is 0 Å². The first kappa shape index (κ1) is 13.0. The van der Waals surface area contributed by atoms with Crippen molar-refractivity contribution < 1.29 is 9.47 Å². The predicted molar refractivity (Wildman–Crippen MR) is 84.1 cm³/mol. The number of nitrogens with one attached hydrogen (secondary N) is 1. The molecule has 0 fully saturated rings. The van der Waals surface area contributed by atoms with Gasteiger partial charge in [-0.3, -0.25) is 0 Å². The third-order valence-corrected chi connectivity index (χ3v) is 5.20. The van der Waals surface area contributed by atoms with Gasteiger partial charge in [0.05, 0.1) is 0 Å². The van der Waals surface area contributed by atoms with Crippen LogP contribution in [0.2, 0.25) is 0 Å². The summed E-state index contributed by atoms with van der Waals surface area (Å²) in [6.07, 6.45) is 1.15. The summed E-state index contributed by atoms with van der Waals surface area (Å²) < 4.78 is 10.9. The lowest BCUT2D eigenvalue weighted by atomic mass is 10.1. The maximum absolute atomic E-state index is 5.54. The second-order valence-corrected chi connectivity index (χ2v) is 6.68. The van der Waals surface area contributed by atoms with Crippen molar-refractivity contribution in [2.75, 3.05) is 13.3 Å². The Labute approximate surface area is 128 Å². The van der Waals surface area contributed by atoms with Crippen molar-refractivity contribution in [2.24, 2.45) is 0 Å². The Kier molecular flexibility index (Phi) is 3.49. The van der Waals surface area contributed by atoms with Crippen LogP contribution in [0.5, 0.6) is 11.5 Å². The van der Waals surface area contributed by atoms with E-state index in [4.69, 9.17) is 9.47 Å². The highest BCUT2D eigenvalue weighted by atomic mass is 32.2. The van der Waals surface area contributed by atoms with Crippen LogP contribution in [0.1, 0.15) is 11.1 Å². The number of hydrogen-bond donors (Lipinski definition) is 1. The van der Waals surface area contributed by atoms with Crippen molar-refractivity contribution in [1.29, 1.82) is 0 Å². The van der Waals surface area contributed by atoms with Gasteiger partial charge in [-0.05, 0) is 24.1 Å². The standard InChI is InChI=1S/C17H17NO2S/c1-2-7-16-12(4-1)8-14(21-16)10-18-9-13-5-3-6-15-17(13)20-11-19-15/h1-7,14,18H,8-11H2. The van der Waals surface area contributed by atoms with Gasteiger partial charge in [-0.2, -0.15) is 0 Å². The van der Waals surface area contributed by atoms with E-state index in [0.717, 1.165) is 31.0 Å². The summed E-state index contributed by atoms with van der Waals surface area (Å²) in [4.78, 5) is 1.43. The molecule has 2 heterocycles. The van der Waals surface area contributed by atoms with E-state index in [1.54, 1.807) is 0 Å². The predicted octanol–water partition coefficient (Wildman–Crippen LogP) is 3.22. The molecule has 0 aromatic heterocycles. The molecular weight excluding hydrogens is 282 g/mol. The number of hydrogen-bond acceptors (Lipinski definition) is 4. The van der Waals surface area contributed by atoms with Gasteiger partial charge in [0.15, 0.2) is 11.5 Å². The molecular formula is C17H17NO2S.